The van der Waals surface area contributed by atoms with Crippen LogP contribution in [0.3, 0.4) is 0 Å². The molecule has 0 N–H and O–H groups in total. The van der Waals surface area contributed by atoms with Crippen LogP contribution in [0.4, 0.5) is 0 Å². The van der Waals surface area contributed by atoms with Gasteiger partial charge in [0.1, 0.15) is 0 Å². The third kappa shape index (κ3) is 1.83. The van der Waals surface area contributed by atoms with Crippen molar-refractivity contribution in [3.63, 3.8) is 0 Å². The summed E-state index contributed by atoms with van der Waals surface area (Å²) in [6.07, 6.45) is 0.606. The van der Waals surface area contributed by atoms with Crippen LogP contribution in [-0.2, 0) is 9.84 Å². The topological polar surface area (TPSA) is 57.9 Å². The van der Waals surface area contributed by atoms with E-state index in [-0.39, 0.29) is 4.90 Å². The van der Waals surface area contributed by atoms with E-state index in [1.165, 1.54) is 12.1 Å². The molecule has 4 heteroatoms. The van der Waals surface area contributed by atoms with E-state index in [4.69, 9.17) is 5.26 Å². The number of rotatable bonds is 4. The Morgan fingerprint density at radius 2 is 1.69 bits per heavy atom. The molecule has 1 rings (SSSR count). The fourth-order valence-electron chi connectivity index (χ4n) is 1.67. The number of hydrogen-bond donors (Lipinski definition) is 0. The predicted octanol–water partition coefficient (Wildman–Crippen LogP) is 2.54. The molecule has 0 atom stereocenters. The van der Waals surface area contributed by atoms with Crippen molar-refractivity contribution in [1.29, 1.82) is 5.26 Å². The summed E-state index contributed by atoms with van der Waals surface area (Å²) in [6.45, 7) is 3.46. The van der Waals surface area contributed by atoms with Crippen LogP contribution in [0.5, 0.6) is 0 Å². The second kappa shape index (κ2) is 4.67. The first kappa shape index (κ1) is 12.7. The van der Waals surface area contributed by atoms with Crippen molar-refractivity contribution in [2.75, 3.05) is 0 Å². The van der Waals surface area contributed by atoms with Gasteiger partial charge in [0.05, 0.1) is 11.0 Å². The third-order valence-electron chi connectivity index (χ3n) is 2.91. The second-order valence-corrected chi connectivity index (χ2v) is 5.89. The lowest BCUT2D eigenvalue weighted by atomic mass is 10.1. The Morgan fingerprint density at radius 3 is 2.06 bits per heavy atom. The number of nitriles is 1. The minimum Gasteiger partial charge on any atom is -0.222 e. The molecule has 0 amide bonds. The highest BCUT2D eigenvalue weighted by molar-refractivity contribution is 7.93. The molecule has 16 heavy (non-hydrogen) atoms. The van der Waals surface area contributed by atoms with Crippen molar-refractivity contribution in [2.45, 2.75) is 36.3 Å². The number of sulfone groups is 1. The van der Waals surface area contributed by atoms with Gasteiger partial charge in [-0.25, -0.2) is 8.42 Å². The molecular formula is C12H15NO2S. The Hall–Kier alpha value is -1.34. The fourth-order valence-corrected chi connectivity index (χ4v) is 3.52. The largest absolute Gasteiger partial charge is 0.222 e. The molecule has 0 spiro atoms. The maximum Gasteiger partial charge on any atom is 0.197 e. The maximum atomic E-state index is 12.3. The summed E-state index contributed by atoms with van der Waals surface area (Å²) in [7, 11) is -3.57. The van der Waals surface area contributed by atoms with Crippen LogP contribution in [0.25, 0.3) is 0 Å². The summed E-state index contributed by atoms with van der Waals surface area (Å²) in [5.41, 5.74) is 0. The van der Waals surface area contributed by atoms with Crippen molar-refractivity contribution >= 4 is 9.84 Å². The molecule has 0 aliphatic carbocycles. The monoisotopic (exact) mass is 237 g/mol. The zero-order chi connectivity index (χ0) is 12.2. The molecule has 0 saturated carbocycles. The number of nitrogens with zero attached hydrogens (tertiary/aromatic N) is 1. The van der Waals surface area contributed by atoms with Gasteiger partial charge in [0, 0.05) is 0 Å². The first-order valence-electron chi connectivity index (χ1n) is 5.25. The Morgan fingerprint density at radius 1 is 1.19 bits per heavy atom. The Bertz CT molecular complexity index is 482. The highest BCUT2D eigenvalue weighted by Crippen LogP contribution is 2.31. The zero-order valence-electron chi connectivity index (χ0n) is 9.47. The molecule has 0 bridgehead atoms. The molecule has 3 nitrogen and oxygen atoms in total. The minimum absolute atomic E-state index is 0.222. The van der Waals surface area contributed by atoms with Gasteiger partial charge < -0.3 is 0 Å². The first-order chi connectivity index (χ1) is 7.54. The molecule has 0 aromatic heterocycles. The average molecular weight is 237 g/mol. The fraction of sp³-hybridized carbons (Fsp3) is 0.417. The minimum atomic E-state index is -3.57. The van der Waals surface area contributed by atoms with E-state index in [0.29, 0.717) is 12.8 Å². The van der Waals surface area contributed by atoms with Gasteiger partial charge in [0.15, 0.2) is 14.6 Å². The summed E-state index contributed by atoms with van der Waals surface area (Å²) in [4.78, 5) is 0.222. The van der Waals surface area contributed by atoms with Gasteiger partial charge in [-0.15, -0.1) is 0 Å². The van der Waals surface area contributed by atoms with E-state index in [2.05, 4.69) is 0 Å². The molecule has 0 heterocycles. The summed E-state index contributed by atoms with van der Waals surface area (Å²) >= 11 is 0. The van der Waals surface area contributed by atoms with Gasteiger partial charge in [0.25, 0.3) is 0 Å². The molecule has 1 aromatic carbocycles. The van der Waals surface area contributed by atoms with Crippen LogP contribution in [-0.4, -0.2) is 13.2 Å². The third-order valence-corrected chi connectivity index (χ3v) is 5.50. The smallest absolute Gasteiger partial charge is 0.197 e. The SMILES string of the molecule is CCC(C#N)(CC)S(=O)(=O)c1ccccc1. The number of benzene rings is 1. The lowest BCUT2D eigenvalue weighted by Crippen LogP contribution is -2.35. The van der Waals surface area contributed by atoms with Crippen molar-refractivity contribution < 1.29 is 8.42 Å². The molecule has 0 fully saturated rings. The number of hydrogen-bond acceptors (Lipinski definition) is 3. The molecule has 1 aromatic rings. The van der Waals surface area contributed by atoms with Crippen molar-refractivity contribution in [3.05, 3.63) is 30.3 Å². The van der Waals surface area contributed by atoms with E-state index in [0.717, 1.165) is 0 Å². The van der Waals surface area contributed by atoms with Crippen LogP contribution in [0.1, 0.15) is 26.7 Å². The van der Waals surface area contributed by atoms with Gasteiger partial charge in [-0.05, 0) is 25.0 Å². The quantitative estimate of drug-likeness (QED) is 0.808. The molecule has 0 radical (unpaired) electrons. The van der Waals surface area contributed by atoms with Gasteiger partial charge in [-0.2, -0.15) is 5.26 Å². The van der Waals surface area contributed by atoms with Gasteiger partial charge in [-0.1, -0.05) is 32.0 Å². The van der Waals surface area contributed by atoms with Crippen LogP contribution >= 0.6 is 0 Å². The van der Waals surface area contributed by atoms with Crippen molar-refractivity contribution in [1.82, 2.24) is 0 Å². The van der Waals surface area contributed by atoms with Crippen LogP contribution < -0.4 is 0 Å². The zero-order valence-corrected chi connectivity index (χ0v) is 10.3. The van der Waals surface area contributed by atoms with Gasteiger partial charge in [0.2, 0.25) is 0 Å². The molecule has 0 unspecified atom stereocenters. The van der Waals surface area contributed by atoms with Crippen LogP contribution in [0.2, 0.25) is 0 Å². The van der Waals surface area contributed by atoms with E-state index in [1.807, 2.05) is 6.07 Å². The molecular weight excluding hydrogens is 222 g/mol. The van der Waals surface area contributed by atoms with Gasteiger partial charge in [-0.3, -0.25) is 0 Å². The summed E-state index contributed by atoms with van der Waals surface area (Å²) in [6, 6.07) is 10.1. The molecule has 0 saturated heterocycles. The van der Waals surface area contributed by atoms with E-state index in [1.54, 1.807) is 32.0 Å². The highest BCUT2D eigenvalue weighted by atomic mass is 32.2. The molecule has 0 aliphatic heterocycles. The highest BCUT2D eigenvalue weighted by Gasteiger charge is 2.41. The van der Waals surface area contributed by atoms with Crippen LogP contribution in [0, 0.1) is 11.3 Å². The lowest BCUT2D eigenvalue weighted by molar-refractivity contribution is 0.539. The van der Waals surface area contributed by atoms with Crippen molar-refractivity contribution in [3.8, 4) is 6.07 Å². The lowest BCUT2D eigenvalue weighted by Gasteiger charge is -2.23. The molecule has 86 valence electrons. The van der Waals surface area contributed by atoms with E-state index < -0.39 is 14.6 Å². The predicted molar refractivity (Wildman–Crippen MR) is 62.6 cm³/mol. The Labute approximate surface area is 96.6 Å². The molecule has 0 aliphatic rings. The Balaban J connectivity index is 3.38. The average Bonchev–Trinajstić information content (AvgIpc) is 2.33. The van der Waals surface area contributed by atoms with E-state index >= 15 is 0 Å². The standard InChI is InChI=1S/C12H15NO2S/c1-3-12(4-2,10-13)16(14,15)11-8-6-5-7-9-11/h5-9H,3-4H2,1-2H3. The van der Waals surface area contributed by atoms with Crippen molar-refractivity contribution in [2.24, 2.45) is 0 Å². The first-order valence-corrected chi connectivity index (χ1v) is 6.73. The summed E-state index contributed by atoms with van der Waals surface area (Å²) in [5.74, 6) is 0. The second-order valence-electron chi connectivity index (χ2n) is 3.63. The Kier molecular flexibility index (Phi) is 3.71. The van der Waals surface area contributed by atoms with Crippen LogP contribution in [0.15, 0.2) is 35.2 Å². The summed E-state index contributed by atoms with van der Waals surface area (Å²) < 4.78 is 23.4. The maximum absolute atomic E-state index is 12.3. The van der Waals surface area contributed by atoms with E-state index in [9.17, 15) is 8.42 Å². The van der Waals surface area contributed by atoms with Gasteiger partial charge >= 0.3 is 0 Å². The normalized spacial score (nSPS) is 12.1. The summed E-state index contributed by atoms with van der Waals surface area (Å²) in [5, 5.41) is 9.14.